The molecule has 2 atom stereocenters. The van der Waals surface area contributed by atoms with Crippen molar-refractivity contribution in [2.75, 3.05) is 39.5 Å². The summed E-state index contributed by atoms with van der Waals surface area (Å²) in [4.78, 5) is 0. The van der Waals surface area contributed by atoms with Gasteiger partial charge in [0.05, 0.1) is 18.8 Å². The molecule has 0 aromatic heterocycles. The maximum Gasteiger partial charge on any atom is 0.0936 e. The van der Waals surface area contributed by atoms with Gasteiger partial charge in [-0.15, -0.1) is 0 Å². The topological polar surface area (TPSA) is 39.7 Å². The van der Waals surface area contributed by atoms with Gasteiger partial charge in [-0.25, -0.2) is 0 Å². The van der Waals surface area contributed by atoms with Gasteiger partial charge in [-0.05, 0) is 25.7 Å². The van der Waals surface area contributed by atoms with Crippen LogP contribution in [0, 0.1) is 5.92 Å². The van der Waals surface area contributed by atoms with Gasteiger partial charge in [-0.3, -0.25) is 0 Å². The molecule has 2 fully saturated rings. The lowest BCUT2D eigenvalue weighted by Crippen LogP contribution is -2.45. The molecule has 0 bridgehead atoms. The Balaban J connectivity index is 1.56. The minimum Gasteiger partial charge on any atom is -0.381 e. The molecule has 2 aliphatic rings. The van der Waals surface area contributed by atoms with Crippen molar-refractivity contribution in [1.29, 1.82) is 0 Å². The lowest BCUT2D eigenvalue weighted by atomic mass is 10.0. The molecule has 0 spiro atoms. The number of morpholine rings is 1. The molecule has 0 aromatic rings. The van der Waals surface area contributed by atoms with Gasteiger partial charge in [0.1, 0.15) is 0 Å². The second-order valence-corrected chi connectivity index (χ2v) is 4.82. The predicted octanol–water partition coefficient (Wildman–Crippen LogP) is 0.806. The highest BCUT2D eigenvalue weighted by Gasteiger charge is 2.20. The van der Waals surface area contributed by atoms with Crippen LogP contribution in [0.2, 0.25) is 0 Å². The van der Waals surface area contributed by atoms with E-state index in [9.17, 15) is 0 Å². The molecule has 0 amide bonds. The number of ether oxygens (including phenoxy) is 3. The maximum absolute atomic E-state index is 5.76. The average molecular weight is 229 g/mol. The van der Waals surface area contributed by atoms with Crippen LogP contribution in [0.15, 0.2) is 0 Å². The van der Waals surface area contributed by atoms with Crippen molar-refractivity contribution in [2.45, 2.75) is 32.0 Å². The molecule has 1 N–H and O–H groups in total. The molecule has 4 nitrogen and oxygen atoms in total. The van der Waals surface area contributed by atoms with E-state index in [0.29, 0.717) is 18.6 Å². The van der Waals surface area contributed by atoms with Crippen molar-refractivity contribution < 1.29 is 14.2 Å². The Morgan fingerprint density at radius 2 is 2.00 bits per heavy atom. The summed E-state index contributed by atoms with van der Waals surface area (Å²) < 4.78 is 16.8. The zero-order chi connectivity index (χ0) is 11.2. The molecule has 0 radical (unpaired) electrons. The molecule has 94 valence electrons. The van der Waals surface area contributed by atoms with Crippen molar-refractivity contribution >= 4 is 0 Å². The minimum absolute atomic E-state index is 0.226. The van der Waals surface area contributed by atoms with Gasteiger partial charge < -0.3 is 19.5 Å². The van der Waals surface area contributed by atoms with E-state index < -0.39 is 0 Å². The fourth-order valence-electron chi connectivity index (χ4n) is 2.25. The summed E-state index contributed by atoms with van der Waals surface area (Å²) in [6.45, 7) is 7.33. The van der Waals surface area contributed by atoms with Gasteiger partial charge in [0.15, 0.2) is 0 Å². The lowest BCUT2D eigenvalue weighted by molar-refractivity contribution is -0.0775. The number of hydrogen-bond acceptors (Lipinski definition) is 4. The molecule has 0 saturated carbocycles. The van der Waals surface area contributed by atoms with Crippen molar-refractivity contribution in [3.05, 3.63) is 0 Å². The van der Waals surface area contributed by atoms with Crippen LogP contribution in [0.3, 0.4) is 0 Å². The van der Waals surface area contributed by atoms with Crippen LogP contribution >= 0.6 is 0 Å². The summed E-state index contributed by atoms with van der Waals surface area (Å²) in [5, 5.41) is 3.35. The molecule has 0 aliphatic carbocycles. The Morgan fingerprint density at radius 3 is 2.75 bits per heavy atom. The molecule has 2 saturated heterocycles. The third kappa shape index (κ3) is 4.01. The van der Waals surface area contributed by atoms with Gasteiger partial charge in [0.2, 0.25) is 0 Å². The van der Waals surface area contributed by atoms with Crippen LogP contribution in [0.5, 0.6) is 0 Å². The Bertz CT molecular complexity index is 195. The van der Waals surface area contributed by atoms with Crippen LogP contribution in [0.1, 0.15) is 19.8 Å². The van der Waals surface area contributed by atoms with Gasteiger partial charge >= 0.3 is 0 Å². The third-order valence-corrected chi connectivity index (χ3v) is 3.23. The Hall–Kier alpha value is -0.160. The van der Waals surface area contributed by atoms with E-state index in [4.69, 9.17) is 14.2 Å². The summed E-state index contributed by atoms with van der Waals surface area (Å²) in [5.74, 6) is 0.683. The highest BCUT2D eigenvalue weighted by Crippen LogP contribution is 2.15. The number of rotatable bonds is 4. The third-order valence-electron chi connectivity index (χ3n) is 3.23. The predicted molar refractivity (Wildman–Crippen MR) is 61.6 cm³/mol. The van der Waals surface area contributed by atoms with E-state index in [1.54, 1.807) is 0 Å². The lowest BCUT2D eigenvalue weighted by Gasteiger charge is -2.29. The Kier molecular flexibility index (Phi) is 5.03. The van der Waals surface area contributed by atoms with Gasteiger partial charge in [0.25, 0.3) is 0 Å². The monoisotopic (exact) mass is 229 g/mol. The van der Waals surface area contributed by atoms with Crippen LogP contribution in [-0.2, 0) is 14.2 Å². The molecule has 2 rings (SSSR count). The zero-order valence-corrected chi connectivity index (χ0v) is 10.1. The van der Waals surface area contributed by atoms with E-state index in [-0.39, 0.29) is 6.10 Å². The van der Waals surface area contributed by atoms with Gasteiger partial charge in [-0.1, -0.05) is 0 Å². The minimum atomic E-state index is 0.226. The van der Waals surface area contributed by atoms with E-state index in [1.165, 1.54) is 0 Å². The maximum atomic E-state index is 5.76. The van der Waals surface area contributed by atoms with Crippen LogP contribution < -0.4 is 5.32 Å². The van der Waals surface area contributed by atoms with Crippen LogP contribution in [-0.4, -0.2) is 51.7 Å². The first-order valence-electron chi connectivity index (χ1n) is 6.36. The first-order valence-corrected chi connectivity index (χ1v) is 6.36. The molecule has 0 aromatic carbocycles. The summed E-state index contributed by atoms with van der Waals surface area (Å²) in [5.41, 5.74) is 0. The second kappa shape index (κ2) is 6.55. The fourth-order valence-corrected chi connectivity index (χ4v) is 2.25. The molecular weight excluding hydrogens is 206 g/mol. The van der Waals surface area contributed by atoms with E-state index in [1.807, 2.05) is 0 Å². The smallest absolute Gasteiger partial charge is 0.0936 e. The second-order valence-electron chi connectivity index (χ2n) is 4.82. The Labute approximate surface area is 97.6 Å². The van der Waals surface area contributed by atoms with Crippen LogP contribution in [0.25, 0.3) is 0 Å². The van der Waals surface area contributed by atoms with Crippen molar-refractivity contribution in [3.63, 3.8) is 0 Å². The van der Waals surface area contributed by atoms with Crippen molar-refractivity contribution in [1.82, 2.24) is 5.32 Å². The van der Waals surface area contributed by atoms with E-state index >= 15 is 0 Å². The zero-order valence-electron chi connectivity index (χ0n) is 10.1. The van der Waals surface area contributed by atoms with Crippen molar-refractivity contribution in [3.8, 4) is 0 Å². The summed E-state index contributed by atoms with van der Waals surface area (Å²) in [6.07, 6.45) is 2.81. The molecule has 2 unspecified atom stereocenters. The SMILES string of the molecule is CC1CNCC(COCC2CCOCC2)O1. The summed E-state index contributed by atoms with van der Waals surface area (Å²) >= 11 is 0. The van der Waals surface area contributed by atoms with E-state index in [0.717, 1.165) is 45.8 Å². The molecule has 16 heavy (non-hydrogen) atoms. The van der Waals surface area contributed by atoms with Crippen molar-refractivity contribution in [2.24, 2.45) is 5.92 Å². The molecule has 2 aliphatic heterocycles. The standard InChI is InChI=1S/C12H23NO3/c1-10-6-13-7-12(16-10)9-15-8-11-2-4-14-5-3-11/h10-13H,2-9H2,1H3. The van der Waals surface area contributed by atoms with Gasteiger partial charge in [-0.2, -0.15) is 0 Å². The molecule has 4 heteroatoms. The first-order chi connectivity index (χ1) is 7.84. The molecule has 2 heterocycles. The van der Waals surface area contributed by atoms with E-state index in [2.05, 4.69) is 12.2 Å². The van der Waals surface area contributed by atoms with Gasteiger partial charge in [0, 0.05) is 32.9 Å². The largest absolute Gasteiger partial charge is 0.381 e. The first kappa shape index (κ1) is 12.3. The normalized spacial score (nSPS) is 32.8. The average Bonchev–Trinajstić information content (AvgIpc) is 2.30. The number of hydrogen-bond donors (Lipinski definition) is 1. The number of nitrogens with one attached hydrogen (secondary N) is 1. The van der Waals surface area contributed by atoms with Crippen LogP contribution in [0.4, 0.5) is 0 Å². The Morgan fingerprint density at radius 1 is 1.19 bits per heavy atom. The molecular formula is C12H23NO3. The summed E-state index contributed by atoms with van der Waals surface area (Å²) in [6, 6.07) is 0. The quantitative estimate of drug-likeness (QED) is 0.774. The highest BCUT2D eigenvalue weighted by atomic mass is 16.5. The fraction of sp³-hybridized carbons (Fsp3) is 1.00. The summed E-state index contributed by atoms with van der Waals surface area (Å²) in [7, 11) is 0. The highest BCUT2D eigenvalue weighted by molar-refractivity contribution is 4.71.